The van der Waals surface area contributed by atoms with Gasteiger partial charge in [-0.15, -0.1) is 0 Å². The van der Waals surface area contributed by atoms with Crippen LogP contribution in [0.5, 0.6) is 0 Å². The Labute approximate surface area is 106 Å². The summed E-state index contributed by atoms with van der Waals surface area (Å²) < 4.78 is 1.90. The lowest BCUT2D eigenvalue weighted by Crippen LogP contribution is -2.22. The summed E-state index contributed by atoms with van der Waals surface area (Å²) in [7, 11) is 0. The number of fused-ring (bicyclic) bond motifs is 1. The van der Waals surface area contributed by atoms with Gasteiger partial charge in [0.25, 0.3) is 0 Å². The Morgan fingerprint density at radius 2 is 2.33 bits per heavy atom. The van der Waals surface area contributed by atoms with Crippen LogP contribution >= 0.6 is 0 Å². The van der Waals surface area contributed by atoms with Crippen LogP contribution in [0.25, 0.3) is 5.65 Å². The molecule has 2 aromatic heterocycles. The maximum absolute atomic E-state index is 9.02. The first-order valence-corrected chi connectivity index (χ1v) is 6.44. The maximum Gasteiger partial charge on any atom is 0.157 e. The highest BCUT2D eigenvalue weighted by Gasteiger charge is 2.24. The summed E-state index contributed by atoms with van der Waals surface area (Å²) in [6.07, 6.45) is 3.63. The Hall–Kier alpha value is -1.62. The Morgan fingerprint density at radius 1 is 1.44 bits per heavy atom. The third kappa shape index (κ3) is 1.95. The second-order valence-corrected chi connectivity index (χ2v) is 5.03. The Kier molecular flexibility index (Phi) is 2.91. The zero-order valence-corrected chi connectivity index (χ0v) is 10.6. The van der Waals surface area contributed by atoms with Crippen molar-refractivity contribution in [1.82, 2.24) is 14.6 Å². The molecule has 0 radical (unpaired) electrons. The first-order chi connectivity index (χ1) is 8.78. The van der Waals surface area contributed by atoms with Gasteiger partial charge < -0.3 is 10.0 Å². The van der Waals surface area contributed by atoms with Crippen molar-refractivity contribution in [2.45, 2.75) is 19.8 Å². The van der Waals surface area contributed by atoms with Crippen molar-refractivity contribution in [3.8, 4) is 0 Å². The fraction of sp³-hybridized carbons (Fsp3) is 0.538. The van der Waals surface area contributed by atoms with Gasteiger partial charge in [-0.3, -0.25) is 0 Å². The fourth-order valence-corrected chi connectivity index (χ4v) is 2.72. The molecule has 96 valence electrons. The van der Waals surface area contributed by atoms with E-state index in [9.17, 15) is 0 Å². The lowest BCUT2D eigenvalue weighted by Gasteiger charge is -2.19. The summed E-state index contributed by atoms with van der Waals surface area (Å²) in [5, 5.41) is 13.3. The summed E-state index contributed by atoms with van der Waals surface area (Å²) in [4.78, 5) is 6.59. The van der Waals surface area contributed by atoms with E-state index in [4.69, 9.17) is 5.11 Å². The zero-order chi connectivity index (χ0) is 12.5. The molecule has 3 heterocycles. The van der Waals surface area contributed by atoms with Crippen LogP contribution in [0.15, 0.2) is 18.5 Å². The van der Waals surface area contributed by atoms with Crippen molar-refractivity contribution in [2.24, 2.45) is 5.92 Å². The molecule has 0 saturated carbocycles. The first-order valence-electron chi connectivity index (χ1n) is 6.44. The monoisotopic (exact) mass is 246 g/mol. The van der Waals surface area contributed by atoms with Crippen LogP contribution in [0.2, 0.25) is 0 Å². The quantitative estimate of drug-likeness (QED) is 0.885. The molecule has 0 bridgehead atoms. The molecule has 0 aromatic carbocycles. The number of pyridine rings is 1. The predicted octanol–water partition coefficient (Wildman–Crippen LogP) is 1.25. The molecule has 0 aliphatic carbocycles. The van der Waals surface area contributed by atoms with Crippen LogP contribution in [-0.2, 0) is 0 Å². The third-order valence-corrected chi connectivity index (χ3v) is 3.65. The summed E-state index contributed by atoms with van der Waals surface area (Å²) in [6, 6.07) is 4.20. The molecule has 0 amide bonds. The molecule has 18 heavy (non-hydrogen) atoms. The topological polar surface area (TPSA) is 53.7 Å². The number of hydrogen-bond acceptors (Lipinski definition) is 4. The van der Waals surface area contributed by atoms with Crippen molar-refractivity contribution in [3.63, 3.8) is 0 Å². The molecule has 5 nitrogen and oxygen atoms in total. The van der Waals surface area contributed by atoms with Crippen molar-refractivity contribution < 1.29 is 5.11 Å². The van der Waals surface area contributed by atoms with Gasteiger partial charge in [0.15, 0.2) is 5.65 Å². The predicted molar refractivity (Wildman–Crippen MR) is 69.7 cm³/mol. The van der Waals surface area contributed by atoms with Gasteiger partial charge >= 0.3 is 0 Å². The van der Waals surface area contributed by atoms with E-state index in [-0.39, 0.29) is 6.61 Å². The number of anilines is 1. The lowest BCUT2D eigenvalue weighted by molar-refractivity contribution is 0.263. The summed E-state index contributed by atoms with van der Waals surface area (Å²) in [5.41, 5.74) is 2.10. The minimum atomic E-state index is 0.283. The second-order valence-electron chi connectivity index (χ2n) is 5.03. The number of aryl methyl sites for hydroxylation is 1. The van der Waals surface area contributed by atoms with Crippen LogP contribution in [-0.4, -0.2) is 39.4 Å². The minimum Gasteiger partial charge on any atom is -0.396 e. The van der Waals surface area contributed by atoms with Crippen LogP contribution in [0.3, 0.4) is 0 Å². The molecule has 1 aliphatic heterocycles. The normalized spacial score (nSPS) is 19.9. The van der Waals surface area contributed by atoms with Crippen LogP contribution in [0.1, 0.15) is 18.4 Å². The molecule has 1 fully saturated rings. The number of hydrogen-bond donors (Lipinski definition) is 1. The zero-order valence-electron chi connectivity index (χ0n) is 10.6. The van der Waals surface area contributed by atoms with Crippen LogP contribution < -0.4 is 4.90 Å². The van der Waals surface area contributed by atoms with E-state index in [2.05, 4.69) is 28.0 Å². The van der Waals surface area contributed by atoms with Crippen molar-refractivity contribution in [3.05, 3.63) is 24.0 Å². The average molecular weight is 246 g/mol. The van der Waals surface area contributed by atoms with E-state index in [1.807, 2.05) is 10.6 Å². The van der Waals surface area contributed by atoms with Gasteiger partial charge in [0, 0.05) is 19.7 Å². The first kappa shape index (κ1) is 11.5. The Balaban J connectivity index is 1.92. The Bertz CT molecular complexity index is 551. The third-order valence-electron chi connectivity index (χ3n) is 3.65. The van der Waals surface area contributed by atoms with E-state index in [0.29, 0.717) is 5.92 Å². The maximum atomic E-state index is 9.02. The molecule has 3 rings (SSSR count). The van der Waals surface area contributed by atoms with Crippen LogP contribution in [0, 0.1) is 12.8 Å². The molecule has 2 aromatic rings. The molecule has 1 aliphatic rings. The van der Waals surface area contributed by atoms with Gasteiger partial charge in [-0.25, -0.2) is 4.98 Å². The number of nitrogens with zero attached hydrogens (tertiary/aromatic N) is 4. The summed E-state index contributed by atoms with van der Waals surface area (Å²) in [5.74, 6) is 1.71. The smallest absolute Gasteiger partial charge is 0.157 e. The number of aromatic nitrogens is 3. The minimum absolute atomic E-state index is 0.283. The van der Waals surface area contributed by atoms with E-state index in [0.717, 1.165) is 37.4 Å². The lowest BCUT2D eigenvalue weighted by atomic mass is 10.1. The molecule has 1 N–H and O–H groups in total. The summed E-state index contributed by atoms with van der Waals surface area (Å²) in [6.45, 7) is 4.40. The van der Waals surface area contributed by atoms with Gasteiger partial charge in [-0.05, 0) is 43.4 Å². The van der Waals surface area contributed by atoms with Gasteiger partial charge in [-0.2, -0.15) is 9.61 Å². The molecule has 1 unspecified atom stereocenters. The van der Waals surface area contributed by atoms with E-state index in [1.165, 1.54) is 5.56 Å². The second kappa shape index (κ2) is 4.57. The molecule has 1 saturated heterocycles. The molecule has 1 atom stereocenters. The van der Waals surface area contributed by atoms with E-state index < -0.39 is 0 Å². The number of aliphatic hydroxyl groups excluding tert-OH is 1. The van der Waals surface area contributed by atoms with Crippen molar-refractivity contribution >= 4 is 11.5 Å². The van der Waals surface area contributed by atoms with Crippen LogP contribution in [0.4, 0.5) is 5.82 Å². The fourth-order valence-electron chi connectivity index (χ4n) is 2.72. The van der Waals surface area contributed by atoms with Crippen molar-refractivity contribution in [2.75, 3.05) is 24.6 Å². The SMILES string of the molecule is Cc1cc(N2CCC(CCO)C2)n2ncnc2c1. The largest absolute Gasteiger partial charge is 0.396 e. The van der Waals surface area contributed by atoms with E-state index >= 15 is 0 Å². The molecule has 5 heteroatoms. The Morgan fingerprint density at radius 3 is 3.17 bits per heavy atom. The molecule has 0 spiro atoms. The van der Waals surface area contributed by atoms with Gasteiger partial charge in [0.1, 0.15) is 12.1 Å². The standard InChI is InChI=1S/C13H18N4O/c1-10-6-12-14-9-15-17(12)13(7-10)16-4-2-11(8-16)3-5-18/h6-7,9,11,18H,2-5,8H2,1H3. The molecular weight excluding hydrogens is 228 g/mol. The average Bonchev–Trinajstić information content (AvgIpc) is 2.96. The number of rotatable bonds is 3. The van der Waals surface area contributed by atoms with Crippen molar-refractivity contribution in [1.29, 1.82) is 0 Å². The highest BCUT2D eigenvalue weighted by molar-refractivity contribution is 5.53. The van der Waals surface area contributed by atoms with Gasteiger partial charge in [0.2, 0.25) is 0 Å². The van der Waals surface area contributed by atoms with E-state index in [1.54, 1.807) is 6.33 Å². The molecular formula is C13H18N4O. The van der Waals surface area contributed by atoms with Gasteiger partial charge in [0.05, 0.1) is 0 Å². The highest BCUT2D eigenvalue weighted by atomic mass is 16.3. The number of aliphatic hydroxyl groups is 1. The summed E-state index contributed by atoms with van der Waals surface area (Å²) >= 11 is 0. The highest BCUT2D eigenvalue weighted by Crippen LogP contribution is 2.26. The van der Waals surface area contributed by atoms with Gasteiger partial charge in [-0.1, -0.05) is 0 Å².